The first-order chi connectivity index (χ1) is 15.0. The van der Waals surface area contributed by atoms with E-state index in [1.165, 1.54) is 31.4 Å². The highest BCUT2D eigenvalue weighted by molar-refractivity contribution is 6.21. The smallest absolute Gasteiger partial charge is 0.408 e. The lowest BCUT2D eigenvalue weighted by molar-refractivity contribution is -0.0586. The quantitative estimate of drug-likeness (QED) is 0.707. The van der Waals surface area contributed by atoms with Crippen LogP contribution < -0.4 is 10.1 Å². The van der Waals surface area contributed by atoms with Crippen molar-refractivity contribution in [2.75, 3.05) is 7.11 Å². The van der Waals surface area contributed by atoms with E-state index < -0.39 is 35.5 Å². The number of hydrogen-bond acceptors (Lipinski definition) is 7. The molecule has 168 valence electrons. The van der Waals surface area contributed by atoms with Crippen LogP contribution in [-0.4, -0.2) is 41.7 Å². The van der Waals surface area contributed by atoms with Crippen LogP contribution in [0, 0.1) is 0 Å². The zero-order valence-corrected chi connectivity index (χ0v) is 18.4. The van der Waals surface area contributed by atoms with Gasteiger partial charge in [0.05, 0.1) is 24.3 Å². The molecule has 1 aliphatic heterocycles. The molecule has 2 aromatic rings. The van der Waals surface area contributed by atoms with Crippen LogP contribution in [0.1, 0.15) is 70.4 Å². The van der Waals surface area contributed by atoms with Crippen molar-refractivity contribution in [1.29, 1.82) is 0 Å². The number of hydrogen-bond donors (Lipinski definition) is 1. The van der Waals surface area contributed by atoms with Gasteiger partial charge in [-0.05, 0) is 57.5 Å². The van der Waals surface area contributed by atoms with Crippen molar-refractivity contribution in [3.05, 3.63) is 64.7 Å². The number of benzene rings is 2. The summed E-state index contributed by atoms with van der Waals surface area (Å²) in [6, 6.07) is 10.3. The Kier molecular flexibility index (Phi) is 6.20. The van der Waals surface area contributed by atoms with E-state index in [-0.39, 0.29) is 22.4 Å². The Labute approximate surface area is 185 Å². The van der Waals surface area contributed by atoms with Crippen molar-refractivity contribution in [3.8, 4) is 5.75 Å². The molecule has 1 aliphatic rings. The third-order valence-electron chi connectivity index (χ3n) is 4.61. The summed E-state index contributed by atoms with van der Waals surface area (Å²) in [6.45, 7) is 6.96. The SMILES string of the molecule is COc1ccc([C@H](C)NC(=O)OC(C)(C)C)cc1C(=O)ON1C(=O)c2ccccc2C1=O. The minimum atomic E-state index is -0.956. The van der Waals surface area contributed by atoms with Crippen molar-refractivity contribution in [1.82, 2.24) is 10.4 Å². The summed E-state index contributed by atoms with van der Waals surface area (Å²) in [5.74, 6) is -2.23. The third-order valence-corrected chi connectivity index (χ3v) is 4.61. The summed E-state index contributed by atoms with van der Waals surface area (Å²) < 4.78 is 10.5. The molecule has 1 atom stereocenters. The van der Waals surface area contributed by atoms with E-state index in [9.17, 15) is 19.2 Å². The van der Waals surface area contributed by atoms with Gasteiger partial charge in [0.1, 0.15) is 16.9 Å². The van der Waals surface area contributed by atoms with Crippen molar-refractivity contribution in [2.45, 2.75) is 39.3 Å². The number of nitrogens with zero attached hydrogens (tertiary/aromatic N) is 1. The van der Waals surface area contributed by atoms with Crippen LogP contribution in [0.2, 0.25) is 0 Å². The summed E-state index contributed by atoms with van der Waals surface area (Å²) in [5, 5.41) is 3.11. The van der Waals surface area contributed by atoms with E-state index in [4.69, 9.17) is 14.3 Å². The van der Waals surface area contributed by atoms with Gasteiger partial charge in [-0.2, -0.15) is 0 Å². The number of rotatable bonds is 5. The van der Waals surface area contributed by atoms with E-state index in [2.05, 4.69) is 5.32 Å². The molecule has 9 heteroatoms. The molecule has 3 amide bonds. The Morgan fingerprint density at radius 2 is 1.59 bits per heavy atom. The predicted molar refractivity (Wildman–Crippen MR) is 113 cm³/mol. The minimum Gasteiger partial charge on any atom is -0.496 e. The number of alkyl carbamates (subject to hydrolysis) is 1. The fourth-order valence-corrected chi connectivity index (χ4v) is 3.10. The molecular formula is C23H24N2O7. The highest BCUT2D eigenvalue weighted by Gasteiger charge is 2.39. The van der Waals surface area contributed by atoms with Gasteiger partial charge in [0.25, 0.3) is 11.8 Å². The van der Waals surface area contributed by atoms with Gasteiger partial charge < -0.3 is 19.6 Å². The average molecular weight is 440 g/mol. The Bertz CT molecular complexity index is 1050. The van der Waals surface area contributed by atoms with Gasteiger partial charge in [-0.1, -0.05) is 23.3 Å². The molecule has 3 rings (SSSR count). The molecule has 0 saturated heterocycles. The Morgan fingerprint density at radius 1 is 1.00 bits per heavy atom. The highest BCUT2D eigenvalue weighted by Crippen LogP contribution is 2.27. The van der Waals surface area contributed by atoms with Gasteiger partial charge in [0.2, 0.25) is 0 Å². The number of carbonyl (C=O) groups is 4. The number of hydroxylamine groups is 2. The molecule has 0 saturated carbocycles. The van der Waals surface area contributed by atoms with Gasteiger partial charge in [-0.25, -0.2) is 9.59 Å². The second-order valence-electron chi connectivity index (χ2n) is 8.16. The van der Waals surface area contributed by atoms with Crippen LogP contribution >= 0.6 is 0 Å². The Balaban J connectivity index is 1.80. The second kappa shape index (κ2) is 8.70. The molecule has 0 fully saturated rings. The van der Waals surface area contributed by atoms with Gasteiger partial charge in [0.15, 0.2) is 0 Å². The third kappa shape index (κ3) is 4.72. The van der Waals surface area contributed by atoms with Crippen molar-refractivity contribution in [2.24, 2.45) is 0 Å². The number of nitrogens with one attached hydrogen (secondary N) is 1. The number of ether oxygens (including phenoxy) is 2. The first-order valence-electron chi connectivity index (χ1n) is 9.89. The normalized spacial score (nSPS) is 14.0. The molecule has 0 aromatic heterocycles. The van der Waals surface area contributed by atoms with Crippen LogP contribution in [0.4, 0.5) is 4.79 Å². The summed E-state index contributed by atoms with van der Waals surface area (Å²) in [6.07, 6.45) is -0.615. The van der Waals surface area contributed by atoms with Crippen molar-refractivity contribution in [3.63, 3.8) is 0 Å². The van der Waals surface area contributed by atoms with Crippen molar-refractivity contribution >= 4 is 23.9 Å². The summed E-state index contributed by atoms with van der Waals surface area (Å²) in [7, 11) is 1.37. The zero-order valence-electron chi connectivity index (χ0n) is 18.4. The van der Waals surface area contributed by atoms with Gasteiger partial charge in [-0.3, -0.25) is 9.59 Å². The largest absolute Gasteiger partial charge is 0.496 e. The fraction of sp³-hybridized carbons (Fsp3) is 0.304. The number of methoxy groups -OCH3 is 1. The molecule has 1 heterocycles. The molecule has 0 aliphatic carbocycles. The Hall–Kier alpha value is -3.88. The van der Waals surface area contributed by atoms with Gasteiger partial charge >= 0.3 is 12.1 Å². The molecular weight excluding hydrogens is 416 g/mol. The van der Waals surface area contributed by atoms with Gasteiger partial charge in [-0.15, -0.1) is 0 Å². The van der Waals surface area contributed by atoms with E-state index in [0.29, 0.717) is 10.6 Å². The highest BCUT2D eigenvalue weighted by atomic mass is 16.7. The van der Waals surface area contributed by atoms with Crippen LogP contribution in [0.5, 0.6) is 5.75 Å². The van der Waals surface area contributed by atoms with Gasteiger partial charge in [0, 0.05) is 0 Å². The topological polar surface area (TPSA) is 111 Å². The maximum Gasteiger partial charge on any atom is 0.408 e. The number of imide groups is 1. The lowest BCUT2D eigenvalue weighted by Gasteiger charge is -2.22. The fourth-order valence-electron chi connectivity index (χ4n) is 3.10. The van der Waals surface area contributed by atoms with E-state index in [1.807, 2.05) is 0 Å². The monoisotopic (exact) mass is 440 g/mol. The maximum absolute atomic E-state index is 12.8. The lowest BCUT2D eigenvalue weighted by atomic mass is 10.0. The van der Waals surface area contributed by atoms with E-state index in [0.717, 1.165) is 0 Å². The van der Waals surface area contributed by atoms with Crippen LogP contribution in [-0.2, 0) is 9.57 Å². The van der Waals surface area contributed by atoms with Crippen molar-refractivity contribution < 1.29 is 33.5 Å². The van der Waals surface area contributed by atoms with Crippen LogP contribution in [0.25, 0.3) is 0 Å². The van der Waals surface area contributed by atoms with Crippen LogP contribution in [0.15, 0.2) is 42.5 Å². The molecule has 1 N–H and O–H groups in total. The number of fused-ring (bicyclic) bond motifs is 1. The molecule has 0 spiro atoms. The van der Waals surface area contributed by atoms with E-state index >= 15 is 0 Å². The zero-order chi connectivity index (χ0) is 23.6. The predicted octanol–water partition coefficient (Wildman–Crippen LogP) is 3.65. The van der Waals surface area contributed by atoms with Crippen LogP contribution in [0.3, 0.4) is 0 Å². The molecule has 32 heavy (non-hydrogen) atoms. The average Bonchev–Trinajstić information content (AvgIpc) is 2.96. The first-order valence-corrected chi connectivity index (χ1v) is 9.89. The summed E-state index contributed by atoms with van der Waals surface area (Å²) in [4.78, 5) is 55.0. The number of amides is 3. The lowest BCUT2D eigenvalue weighted by Crippen LogP contribution is -2.34. The second-order valence-corrected chi connectivity index (χ2v) is 8.16. The first kappa shape index (κ1) is 22.8. The molecule has 0 bridgehead atoms. The standard InChI is InChI=1S/C23H24N2O7/c1-13(24-22(29)31-23(2,3)4)14-10-11-18(30-5)17(12-14)21(28)32-25-19(26)15-8-6-7-9-16(15)20(25)27/h6-13H,1-5H3,(H,24,29)/t13-/m0/s1. The minimum absolute atomic E-state index is 0.0144. The van der Waals surface area contributed by atoms with E-state index in [1.54, 1.807) is 45.9 Å². The molecule has 9 nitrogen and oxygen atoms in total. The molecule has 0 unspecified atom stereocenters. The number of carbonyl (C=O) groups excluding carboxylic acids is 4. The summed E-state index contributed by atoms with van der Waals surface area (Å²) >= 11 is 0. The molecule has 0 radical (unpaired) electrons. The Morgan fingerprint density at radius 3 is 2.12 bits per heavy atom. The molecule has 2 aromatic carbocycles. The maximum atomic E-state index is 12.8. The summed E-state index contributed by atoms with van der Waals surface area (Å²) in [5.41, 5.74) is 0.193.